The van der Waals surface area contributed by atoms with Crippen molar-refractivity contribution in [2.24, 2.45) is 0 Å². The Morgan fingerprint density at radius 2 is 1.55 bits per heavy atom. The van der Waals surface area contributed by atoms with Crippen LogP contribution in [-0.2, 0) is 9.47 Å². The van der Waals surface area contributed by atoms with Gasteiger partial charge in [0.2, 0.25) is 0 Å². The van der Waals surface area contributed by atoms with E-state index >= 15 is 0 Å². The van der Waals surface area contributed by atoms with Crippen LogP contribution >= 0.6 is 0 Å². The molecule has 0 saturated carbocycles. The first-order chi connectivity index (χ1) is 10.8. The van der Waals surface area contributed by atoms with Crippen LogP contribution in [0, 0.1) is 0 Å². The summed E-state index contributed by atoms with van der Waals surface area (Å²) in [7, 11) is 0. The topological polar surface area (TPSA) is 54.0 Å². The summed E-state index contributed by atoms with van der Waals surface area (Å²) in [5, 5.41) is 0. The maximum Gasteiger partial charge on any atom is 0.200 e. The van der Waals surface area contributed by atoms with Gasteiger partial charge in [-0.05, 0) is 43.9 Å². The van der Waals surface area contributed by atoms with E-state index in [-0.39, 0.29) is 12.6 Å². The lowest BCUT2D eigenvalue weighted by Crippen LogP contribution is -2.27. The molecule has 1 aromatic carbocycles. The fourth-order valence-electron chi connectivity index (χ4n) is 2.68. The molecule has 0 aliphatic carbocycles. The van der Waals surface area contributed by atoms with Crippen molar-refractivity contribution < 1.29 is 23.7 Å². The molecule has 5 heteroatoms. The predicted octanol–water partition coefficient (Wildman–Crippen LogP) is 3.31. The van der Waals surface area contributed by atoms with E-state index in [1.807, 2.05) is 0 Å². The smallest absolute Gasteiger partial charge is 0.200 e. The molecule has 2 fully saturated rings. The summed E-state index contributed by atoms with van der Waals surface area (Å²) in [6, 6.07) is 5.18. The van der Waals surface area contributed by atoms with Gasteiger partial charge >= 0.3 is 0 Å². The number of benzene rings is 1. The molecule has 0 aromatic heterocycles. The molecule has 2 saturated heterocycles. The second kappa shape index (κ2) is 7.61. The van der Waals surface area contributed by atoms with Gasteiger partial charge in [0, 0.05) is 18.4 Å². The molecule has 3 rings (SSSR count). The molecular formula is C17H22O5. The minimum Gasteiger partial charge on any atom is -0.461 e. The summed E-state index contributed by atoms with van der Waals surface area (Å²) in [5.74, 6) is 1.15. The zero-order chi connectivity index (χ0) is 15.2. The number of hydrogen-bond donors (Lipinski definition) is 0. The minimum atomic E-state index is -0.273. The summed E-state index contributed by atoms with van der Waals surface area (Å²) in [5.41, 5.74) is 0.558. The molecule has 2 atom stereocenters. The Bertz CT molecular complexity index is 490. The van der Waals surface area contributed by atoms with Crippen LogP contribution in [-0.4, -0.2) is 32.1 Å². The number of aldehydes is 1. The Kier molecular flexibility index (Phi) is 5.29. The minimum absolute atomic E-state index is 0.245. The standard InChI is InChI=1S/C17H22O5/c18-12-13-7-8-14(21-16-5-1-3-9-19-16)15(11-13)22-17-6-2-4-10-20-17/h7-8,11-12,16-17H,1-6,9-10H2/t16-,17-/m0/s1. The van der Waals surface area contributed by atoms with Gasteiger partial charge in [-0.3, -0.25) is 4.79 Å². The third-order valence-electron chi connectivity index (χ3n) is 3.90. The van der Waals surface area contributed by atoms with E-state index in [4.69, 9.17) is 18.9 Å². The third-order valence-corrected chi connectivity index (χ3v) is 3.90. The van der Waals surface area contributed by atoms with Crippen molar-refractivity contribution in [1.82, 2.24) is 0 Å². The molecule has 0 spiro atoms. The molecule has 22 heavy (non-hydrogen) atoms. The van der Waals surface area contributed by atoms with E-state index in [1.165, 1.54) is 0 Å². The zero-order valence-electron chi connectivity index (χ0n) is 12.7. The number of carbonyl (C=O) groups excluding carboxylic acids is 1. The van der Waals surface area contributed by atoms with Crippen LogP contribution in [0.4, 0.5) is 0 Å². The molecule has 2 aliphatic heterocycles. The second-order valence-electron chi connectivity index (χ2n) is 5.65. The van der Waals surface area contributed by atoms with Crippen molar-refractivity contribution in [3.05, 3.63) is 23.8 Å². The van der Waals surface area contributed by atoms with E-state index in [2.05, 4.69) is 0 Å². The van der Waals surface area contributed by atoms with E-state index in [9.17, 15) is 4.79 Å². The summed E-state index contributed by atoms with van der Waals surface area (Å²) in [6.45, 7) is 1.43. The highest BCUT2D eigenvalue weighted by molar-refractivity contribution is 5.76. The van der Waals surface area contributed by atoms with Crippen molar-refractivity contribution in [2.45, 2.75) is 51.1 Å². The Balaban J connectivity index is 1.73. The highest BCUT2D eigenvalue weighted by Crippen LogP contribution is 2.32. The molecule has 1 aromatic rings. The molecule has 2 heterocycles. The van der Waals surface area contributed by atoms with Gasteiger partial charge in [-0.25, -0.2) is 0 Å². The lowest BCUT2D eigenvalue weighted by Gasteiger charge is -2.27. The van der Waals surface area contributed by atoms with E-state index in [0.29, 0.717) is 23.7 Å². The molecule has 0 bridgehead atoms. The van der Waals surface area contributed by atoms with Crippen molar-refractivity contribution >= 4 is 6.29 Å². The lowest BCUT2D eigenvalue weighted by atomic mass is 10.2. The van der Waals surface area contributed by atoms with Crippen LogP contribution in [0.25, 0.3) is 0 Å². The number of hydrogen-bond acceptors (Lipinski definition) is 5. The number of rotatable bonds is 5. The van der Waals surface area contributed by atoms with E-state index < -0.39 is 0 Å². The van der Waals surface area contributed by atoms with Crippen molar-refractivity contribution in [1.29, 1.82) is 0 Å². The van der Waals surface area contributed by atoms with Gasteiger partial charge in [0.25, 0.3) is 0 Å². The van der Waals surface area contributed by atoms with Gasteiger partial charge in [0.1, 0.15) is 6.29 Å². The van der Waals surface area contributed by atoms with Crippen LogP contribution in [0.15, 0.2) is 18.2 Å². The maximum atomic E-state index is 11.0. The fourth-order valence-corrected chi connectivity index (χ4v) is 2.68. The molecule has 2 aliphatic rings. The maximum absolute atomic E-state index is 11.0. The van der Waals surface area contributed by atoms with Crippen LogP contribution in [0.2, 0.25) is 0 Å². The Morgan fingerprint density at radius 3 is 2.09 bits per heavy atom. The molecule has 0 radical (unpaired) electrons. The van der Waals surface area contributed by atoms with Crippen LogP contribution < -0.4 is 9.47 Å². The SMILES string of the molecule is O=Cc1ccc(O[C@H]2CCCCO2)c(O[C@H]2CCCCO2)c1. The molecule has 0 N–H and O–H groups in total. The van der Waals surface area contributed by atoms with Gasteiger partial charge in [0.05, 0.1) is 13.2 Å². The Hall–Kier alpha value is -1.59. The monoisotopic (exact) mass is 306 g/mol. The number of ether oxygens (including phenoxy) is 4. The highest BCUT2D eigenvalue weighted by Gasteiger charge is 2.21. The van der Waals surface area contributed by atoms with Gasteiger partial charge < -0.3 is 18.9 Å². The van der Waals surface area contributed by atoms with Crippen LogP contribution in [0.5, 0.6) is 11.5 Å². The first-order valence-corrected chi connectivity index (χ1v) is 8.01. The first-order valence-electron chi connectivity index (χ1n) is 8.01. The predicted molar refractivity (Wildman–Crippen MR) is 80.3 cm³/mol. The largest absolute Gasteiger partial charge is 0.461 e. The van der Waals surface area contributed by atoms with Crippen LogP contribution in [0.1, 0.15) is 48.9 Å². The first kappa shape index (κ1) is 15.3. The molecule has 120 valence electrons. The normalized spacial score (nSPS) is 25.5. The molecular weight excluding hydrogens is 284 g/mol. The van der Waals surface area contributed by atoms with E-state index in [1.54, 1.807) is 18.2 Å². The van der Waals surface area contributed by atoms with E-state index in [0.717, 1.165) is 51.4 Å². The molecule has 0 amide bonds. The Labute approximate surface area is 130 Å². The Morgan fingerprint density at radius 1 is 0.909 bits per heavy atom. The lowest BCUT2D eigenvalue weighted by molar-refractivity contribution is -0.119. The van der Waals surface area contributed by atoms with Crippen molar-refractivity contribution in [3.8, 4) is 11.5 Å². The number of carbonyl (C=O) groups is 1. The summed E-state index contributed by atoms with van der Waals surface area (Å²) in [6.07, 6.45) is 6.32. The van der Waals surface area contributed by atoms with Gasteiger partial charge in [0.15, 0.2) is 24.1 Å². The second-order valence-corrected chi connectivity index (χ2v) is 5.65. The average Bonchev–Trinajstić information content (AvgIpc) is 2.58. The fraction of sp³-hybridized carbons (Fsp3) is 0.588. The summed E-state index contributed by atoms with van der Waals surface area (Å²) < 4.78 is 23.0. The third kappa shape index (κ3) is 3.99. The molecule has 5 nitrogen and oxygen atoms in total. The highest BCUT2D eigenvalue weighted by atomic mass is 16.7. The van der Waals surface area contributed by atoms with Gasteiger partial charge in [-0.15, -0.1) is 0 Å². The summed E-state index contributed by atoms with van der Waals surface area (Å²) >= 11 is 0. The van der Waals surface area contributed by atoms with Crippen LogP contribution in [0.3, 0.4) is 0 Å². The van der Waals surface area contributed by atoms with Gasteiger partial charge in [-0.1, -0.05) is 0 Å². The van der Waals surface area contributed by atoms with Gasteiger partial charge in [-0.2, -0.15) is 0 Å². The quantitative estimate of drug-likeness (QED) is 0.781. The van der Waals surface area contributed by atoms with Crippen molar-refractivity contribution in [3.63, 3.8) is 0 Å². The molecule has 0 unspecified atom stereocenters. The average molecular weight is 306 g/mol. The van der Waals surface area contributed by atoms with Crippen molar-refractivity contribution in [2.75, 3.05) is 13.2 Å². The summed E-state index contributed by atoms with van der Waals surface area (Å²) in [4.78, 5) is 11.0. The zero-order valence-corrected chi connectivity index (χ0v) is 12.7.